The minimum Gasteiger partial charge on any atom is -0.360 e. The summed E-state index contributed by atoms with van der Waals surface area (Å²) in [6, 6.07) is 0. The van der Waals surface area contributed by atoms with Crippen molar-refractivity contribution in [2.24, 2.45) is 11.1 Å². The number of anilines is 1. The minimum atomic E-state index is 0.305. The third-order valence-electron chi connectivity index (χ3n) is 3.24. The van der Waals surface area contributed by atoms with E-state index in [4.69, 9.17) is 5.73 Å². The average Bonchev–Trinajstić information content (AvgIpc) is 2.85. The van der Waals surface area contributed by atoms with Crippen LogP contribution in [0.5, 0.6) is 0 Å². The molecule has 1 aromatic rings. The zero-order valence-electron chi connectivity index (χ0n) is 9.12. The highest BCUT2D eigenvalue weighted by Gasteiger charge is 2.32. The van der Waals surface area contributed by atoms with Crippen molar-refractivity contribution in [1.82, 2.24) is 9.36 Å². The van der Waals surface area contributed by atoms with Crippen molar-refractivity contribution >= 4 is 16.7 Å². The first-order valence-corrected chi connectivity index (χ1v) is 6.26. The summed E-state index contributed by atoms with van der Waals surface area (Å²) < 4.78 is 4.15. The van der Waals surface area contributed by atoms with Crippen LogP contribution in [-0.2, 0) is 0 Å². The van der Waals surface area contributed by atoms with Gasteiger partial charge >= 0.3 is 0 Å². The Morgan fingerprint density at radius 3 is 2.73 bits per heavy atom. The number of nitrogens with two attached hydrogens (primary N) is 1. The van der Waals surface area contributed by atoms with Crippen LogP contribution in [0.15, 0.2) is 0 Å². The highest BCUT2D eigenvalue weighted by Crippen LogP contribution is 2.37. The number of nitrogens with one attached hydrogen (secondary N) is 1. The van der Waals surface area contributed by atoms with Crippen LogP contribution >= 0.6 is 11.5 Å². The molecule has 0 unspecified atom stereocenters. The van der Waals surface area contributed by atoms with Gasteiger partial charge in [0.2, 0.25) is 5.13 Å². The molecular weight excluding hydrogens is 208 g/mol. The van der Waals surface area contributed by atoms with Crippen LogP contribution in [0.2, 0.25) is 0 Å². The Labute approximate surface area is 94.5 Å². The zero-order chi connectivity index (χ0) is 10.7. The summed E-state index contributed by atoms with van der Waals surface area (Å²) in [4.78, 5) is 4.29. The van der Waals surface area contributed by atoms with Crippen LogP contribution in [-0.4, -0.2) is 22.4 Å². The van der Waals surface area contributed by atoms with Gasteiger partial charge < -0.3 is 11.1 Å². The molecule has 0 aliphatic heterocycles. The van der Waals surface area contributed by atoms with E-state index >= 15 is 0 Å². The van der Waals surface area contributed by atoms with Crippen LogP contribution in [0, 0.1) is 12.3 Å². The molecule has 0 radical (unpaired) electrons. The molecule has 1 fully saturated rings. The van der Waals surface area contributed by atoms with E-state index < -0.39 is 0 Å². The van der Waals surface area contributed by atoms with Crippen LogP contribution in [0.4, 0.5) is 5.13 Å². The monoisotopic (exact) mass is 226 g/mol. The predicted molar refractivity (Wildman–Crippen MR) is 63.1 cm³/mol. The lowest BCUT2D eigenvalue weighted by Gasteiger charge is -2.26. The first-order valence-electron chi connectivity index (χ1n) is 5.48. The standard InChI is InChI=1S/C10H18N4S/c1-8-13-9(15-14-8)12-7-10(6-11)4-2-3-5-10/h2-7,11H2,1H3,(H,12,13,14). The van der Waals surface area contributed by atoms with Gasteiger partial charge in [0.25, 0.3) is 0 Å². The molecule has 3 N–H and O–H groups in total. The fourth-order valence-electron chi connectivity index (χ4n) is 2.21. The lowest BCUT2D eigenvalue weighted by Crippen LogP contribution is -2.34. The first kappa shape index (κ1) is 10.8. The second-order valence-electron chi connectivity index (χ2n) is 4.41. The first-order chi connectivity index (χ1) is 7.24. The van der Waals surface area contributed by atoms with E-state index in [2.05, 4.69) is 14.7 Å². The quantitative estimate of drug-likeness (QED) is 0.821. The molecule has 0 bridgehead atoms. The highest BCUT2D eigenvalue weighted by molar-refractivity contribution is 7.09. The molecule has 5 heteroatoms. The van der Waals surface area contributed by atoms with Gasteiger partial charge in [-0.05, 0) is 31.7 Å². The molecule has 4 nitrogen and oxygen atoms in total. The number of aryl methyl sites for hydroxylation is 1. The van der Waals surface area contributed by atoms with Crippen molar-refractivity contribution in [1.29, 1.82) is 0 Å². The molecular formula is C10H18N4S. The Bertz CT molecular complexity index is 317. The molecule has 1 heterocycles. The second-order valence-corrected chi connectivity index (χ2v) is 5.16. The topological polar surface area (TPSA) is 63.8 Å². The normalized spacial score (nSPS) is 19.3. The summed E-state index contributed by atoms with van der Waals surface area (Å²) >= 11 is 1.43. The predicted octanol–water partition coefficient (Wildman–Crippen LogP) is 1.78. The van der Waals surface area contributed by atoms with E-state index in [0.717, 1.165) is 24.0 Å². The molecule has 0 spiro atoms. The summed E-state index contributed by atoms with van der Waals surface area (Å²) in [5, 5.41) is 4.29. The molecule has 0 aromatic carbocycles. The maximum Gasteiger partial charge on any atom is 0.202 e. The molecule has 0 saturated heterocycles. The van der Waals surface area contributed by atoms with Gasteiger partial charge in [0.1, 0.15) is 5.82 Å². The van der Waals surface area contributed by atoms with E-state index in [1.165, 1.54) is 37.2 Å². The van der Waals surface area contributed by atoms with Crippen LogP contribution in [0.1, 0.15) is 31.5 Å². The van der Waals surface area contributed by atoms with Crippen molar-refractivity contribution in [2.75, 3.05) is 18.4 Å². The van der Waals surface area contributed by atoms with Crippen LogP contribution < -0.4 is 11.1 Å². The number of nitrogens with zero attached hydrogens (tertiary/aromatic N) is 2. The van der Waals surface area contributed by atoms with Gasteiger partial charge in [0.15, 0.2) is 0 Å². The van der Waals surface area contributed by atoms with E-state index in [1.807, 2.05) is 6.92 Å². The molecule has 15 heavy (non-hydrogen) atoms. The van der Waals surface area contributed by atoms with Gasteiger partial charge in [0.05, 0.1) is 0 Å². The Hall–Kier alpha value is -0.680. The van der Waals surface area contributed by atoms with Crippen LogP contribution in [0.3, 0.4) is 0 Å². The van der Waals surface area contributed by atoms with Gasteiger partial charge in [-0.2, -0.15) is 4.37 Å². The lowest BCUT2D eigenvalue weighted by atomic mass is 9.86. The van der Waals surface area contributed by atoms with Gasteiger partial charge in [-0.25, -0.2) is 4.98 Å². The largest absolute Gasteiger partial charge is 0.360 e. The summed E-state index contributed by atoms with van der Waals surface area (Å²) in [5.74, 6) is 0.843. The molecule has 1 aromatic heterocycles. The van der Waals surface area contributed by atoms with Crippen molar-refractivity contribution in [2.45, 2.75) is 32.6 Å². The van der Waals surface area contributed by atoms with Crippen molar-refractivity contribution < 1.29 is 0 Å². The Balaban J connectivity index is 1.91. The number of rotatable bonds is 4. The molecule has 0 atom stereocenters. The third kappa shape index (κ3) is 2.46. The lowest BCUT2D eigenvalue weighted by molar-refractivity contribution is 0.332. The minimum absolute atomic E-state index is 0.305. The number of aromatic nitrogens is 2. The van der Waals surface area contributed by atoms with E-state index in [-0.39, 0.29) is 0 Å². The molecule has 1 saturated carbocycles. The second kappa shape index (κ2) is 4.45. The Morgan fingerprint density at radius 1 is 1.47 bits per heavy atom. The molecule has 2 rings (SSSR count). The zero-order valence-corrected chi connectivity index (χ0v) is 9.94. The highest BCUT2D eigenvalue weighted by atomic mass is 32.1. The number of hydrogen-bond acceptors (Lipinski definition) is 5. The van der Waals surface area contributed by atoms with Crippen molar-refractivity contribution in [3.63, 3.8) is 0 Å². The fraction of sp³-hybridized carbons (Fsp3) is 0.800. The van der Waals surface area contributed by atoms with E-state index in [0.29, 0.717) is 5.41 Å². The van der Waals surface area contributed by atoms with Gasteiger partial charge in [-0.15, -0.1) is 0 Å². The smallest absolute Gasteiger partial charge is 0.202 e. The summed E-state index contributed by atoms with van der Waals surface area (Å²) in [5.41, 5.74) is 6.17. The van der Waals surface area contributed by atoms with Gasteiger partial charge in [-0.3, -0.25) is 0 Å². The summed E-state index contributed by atoms with van der Waals surface area (Å²) in [7, 11) is 0. The van der Waals surface area contributed by atoms with E-state index in [1.54, 1.807) is 0 Å². The van der Waals surface area contributed by atoms with Gasteiger partial charge in [-0.1, -0.05) is 12.8 Å². The SMILES string of the molecule is Cc1nsc(NCC2(CN)CCCC2)n1. The third-order valence-corrected chi connectivity index (χ3v) is 4.00. The number of hydrogen-bond donors (Lipinski definition) is 2. The Kier molecular flexibility index (Phi) is 3.21. The van der Waals surface area contributed by atoms with Crippen molar-refractivity contribution in [3.8, 4) is 0 Å². The van der Waals surface area contributed by atoms with Crippen LogP contribution in [0.25, 0.3) is 0 Å². The van der Waals surface area contributed by atoms with E-state index in [9.17, 15) is 0 Å². The maximum atomic E-state index is 5.87. The molecule has 1 aliphatic rings. The Morgan fingerprint density at radius 2 is 2.20 bits per heavy atom. The average molecular weight is 226 g/mol. The van der Waals surface area contributed by atoms with Gasteiger partial charge in [0, 0.05) is 18.1 Å². The maximum absolute atomic E-state index is 5.87. The van der Waals surface area contributed by atoms with Crippen molar-refractivity contribution in [3.05, 3.63) is 5.82 Å². The fourth-order valence-corrected chi connectivity index (χ4v) is 2.78. The summed E-state index contributed by atoms with van der Waals surface area (Å²) in [6.07, 6.45) is 5.12. The summed E-state index contributed by atoms with van der Waals surface area (Å²) in [6.45, 7) is 3.63. The molecule has 0 amide bonds. The molecule has 84 valence electrons. The molecule has 1 aliphatic carbocycles.